The number of fused-ring (bicyclic) bond motifs is 1. The number of aromatic amines is 1. The van der Waals surface area contributed by atoms with Gasteiger partial charge in [0.1, 0.15) is 7.05 Å². The molecular formula is C16H13N2+. The first-order valence-corrected chi connectivity index (χ1v) is 5.83. The molecule has 0 radical (unpaired) electrons. The molecule has 0 saturated heterocycles. The molecule has 0 aliphatic carbocycles. The first kappa shape index (κ1) is 10.6. The van der Waals surface area contributed by atoms with Gasteiger partial charge in [-0.1, -0.05) is 18.2 Å². The second kappa shape index (κ2) is 4.05. The SMILES string of the molecule is C#Cc1c(-c2c[nH]c3ccccc23)ccc[n+]1C. The smallest absolute Gasteiger partial charge is 0.264 e. The summed E-state index contributed by atoms with van der Waals surface area (Å²) in [5.74, 6) is 2.77. The van der Waals surface area contributed by atoms with Crippen molar-refractivity contribution < 1.29 is 4.57 Å². The summed E-state index contributed by atoms with van der Waals surface area (Å²) >= 11 is 0. The predicted molar refractivity (Wildman–Crippen MR) is 72.8 cm³/mol. The van der Waals surface area contributed by atoms with Gasteiger partial charge in [0.05, 0.1) is 5.56 Å². The van der Waals surface area contributed by atoms with Crippen molar-refractivity contribution >= 4 is 10.9 Å². The predicted octanol–water partition coefficient (Wildman–Crippen LogP) is 2.64. The summed E-state index contributed by atoms with van der Waals surface area (Å²) in [6.45, 7) is 0. The van der Waals surface area contributed by atoms with Crippen molar-refractivity contribution in [3.8, 4) is 23.5 Å². The molecule has 1 aromatic carbocycles. The van der Waals surface area contributed by atoms with Gasteiger partial charge in [0.15, 0.2) is 6.20 Å². The highest BCUT2D eigenvalue weighted by molar-refractivity contribution is 5.96. The van der Waals surface area contributed by atoms with Gasteiger partial charge in [-0.05, 0) is 18.1 Å². The van der Waals surface area contributed by atoms with Crippen LogP contribution in [-0.4, -0.2) is 4.98 Å². The summed E-state index contributed by atoms with van der Waals surface area (Å²) in [5, 5.41) is 1.19. The Hall–Kier alpha value is -2.53. The lowest BCUT2D eigenvalue weighted by Crippen LogP contribution is -2.32. The maximum Gasteiger partial charge on any atom is 0.264 e. The molecule has 2 aromatic heterocycles. The van der Waals surface area contributed by atoms with Crippen LogP contribution >= 0.6 is 0 Å². The molecule has 0 amide bonds. The molecule has 0 atom stereocenters. The van der Waals surface area contributed by atoms with E-state index in [0.717, 1.165) is 22.3 Å². The van der Waals surface area contributed by atoms with Crippen LogP contribution in [0.4, 0.5) is 0 Å². The Morgan fingerprint density at radius 1 is 1.11 bits per heavy atom. The van der Waals surface area contributed by atoms with E-state index < -0.39 is 0 Å². The summed E-state index contributed by atoms with van der Waals surface area (Å²) < 4.78 is 1.97. The molecule has 2 heterocycles. The van der Waals surface area contributed by atoms with Gasteiger partial charge in [-0.15, -0.1) is 6.42 Å². The molecule has 3 rings (SSSR count). The molecule has 2 nitrogen and oxygen atoms in total. The quantitative estimate of drug-likeness (QED) is 0.492. The topological polar surface area (TPSA) is 19.7 Å². The monoisotopic (exact) mass is 233 g/mol. The van der Waals surface area contributed by atoms with Gasteiger partial charge in [0, 0.05) is 28.7 Å². The summed E-state index contributed by atoms with van der Waals surface area (Å²) in [7, 11) is 1.97. The zero-order valence-electron chi connectivity index (χ0n) is 10.1. The molecule has 2 heteroatoms. The van der Waals surface area contributed by atoms with E-state index in [1.807, 2.05) is 42.2 Å². The van der Waals surface area contributed by atoms with E-state index in [0.29, 0.717) is 0 Å². The Morgan fingerprint density at radius 3 is 2.78 bits per heavy atom. The molecule has 0 saturated carbocycles. The number of H-pyrrole nitrogens is 1. The number of rotatable bonds is 1. The van der Waals surface area contributed by atoms with Gasteiger partial charge >= 0.3 is 0 Å². The molecule has 0 aliphatic heterocycles. The number of terminal acetylenes is 1. The lowest BCUT2D eigenvalue weighted by molar-refractivity contribution is -0.673. The van der Waals surface area contributed by atoms with Crippen molar-refractivity contribution in [3.05, 3.63) is 54.5 Å². The fourth-order valence-electron chi connectivity index (χ4n) is 2.30. The van der Waals surface area contributed by atoms with Crippen molar-refractivity contribution in [2.75, 3.05) is 0 Å². The molecule has 1 N–H and O–H groups in total. The van der Waals surface area contributed by atoms with Gasteiger partial charge in [-0.3, -0.25) is 0 Å². The van der Waals surface area contributed by atoms with E-state index in [9.17, 15) is 0 Å². The number of nitrogens with one attached hydrogen (secondary N) is 1. The lowest BCUT2D eigenvalue weighted by Gasteiger charge is -2.01. The number of nitrogens with zero attached hydrogens (tertiary/aromatic N) is 1. The van der Waals surface area contributed by atoms with Gasteiger partial charge < -0.3 is 4.98 Å². The maximum absolute atomic E-state index is 5.62. The van der Waals surface area contributed by atoms with Crippen LogP contribution in [0.5, 0.6) is 0 Å². The highest BCUT2D eigenvalue weighted by Gasteiger charge is 2.15. The van der Waals surface area contributed by atoms with E-state index >= 15 is 0 Å². The minimum atomic E-state index is 0.891. The van der Waals surface area contributed by atoms with Crippen molar-refractivity contribution in [1.82, 2.24) is 4.98 Å². The number of para-hydroxylation sites is 1. The van der Waals surface area contributed by atoms with Gasteiger partial charge in [-0.25, -0.2) is 0 Å². The standard InChI is InChI=1S/C16H13N2/c1-3-16-13(8-6-10-18(16)2)14-11-17-15-9-5-4-7-12(14)15/h1,4-11,17H,2H3/q+1. The second-order valence-electron chi connectivity index (χ2n) is 4.27. The fraction of sp³-hybridized carbons (Fsp3) is 0.0625. The number of aryl methyl sites for hydroxylation is 1. The fourth-order valence-corrected chi connectivity index (χ4v) is 2.30. The molecule has 86 valence electrons. The average molecular weight is 233 g/mol. The number of hydrogen-bond acceptors (Lipinski definition) is 0. The summed E-state index contributed by atoms with van der Waals surface area (Å²) in [6.07, 6.45) is 9.60. The largest absolute Gasteiger partial charge is 0.361 e. The third-order valence-electron chi connectivity index (χ3n) is 3.20. The molecule has 0 spiro atoms. The molecule has 0 fully saturated rings. The van der Waals surface area contributed by atoms with Crippen LogP contribution < -0.4 is 4.57 Å². The summed E-state index contributed by atoms with van der Waals surface area (Å²) in [6, 6.07) is 12.3. The highest BCUT2D eigenvalue weighted by atomic mass is 14.9. The summed E-state index contributed by atoms with van der Waals surface area (Å²) in [4.78, 5) is 3.28. The van der Waals surface area contributed by atoms with E-state index in [2.05, 4.69) is 29.1 Å². The van der Waals surface area contributed by atoms with Crippen LogP contribution in [0, 0.1) is 12.3 Å². The third kappa shape index (κ3) is 1.49. The van der Waals surface area contributed by atoms with Gasteiger partial charge in [0.25, 0.3) is 5.69 Å². The van der Waals surface area contributed by atoms with Gasteiger partial charge in [0.2, 0.25) is 0 Å². The molecular weight excluding hydrogens is 220 g/mol. The van der Waals surface area contributed by atoms with Crippen molar-refractivity contribution in [3.63, 3.8) is 0 Å². The van der Waals surface area contributed by atoms with Crippen LogP contribution in [0.2, 0.25) is 0 Å². The Kier molecular flexibility index (Phi) is 2.39. The Labute approximate surface area is 106 Å². The molecule has 3 aromatic rings. The van der Waals surface area contributed by atoms with Crippen LogP contribution in [0.15, 0.2) is 48.8 Å². The van der Waals surface area contributed by atoms with Crippen LogP contribution in [0.1, 0.15) is 5.69 Å². The Balaban J connectivity index is 2.34. The average Bonchev–Trinajstić information content (AvgIpc) is 2.82. The minimum Gasteiger partial charge on any atom is -0.361 e. The first-order valence-electron chi connectivity index (χ1n) is 5.83. The molecule has 0 aliphatic rings. The number of aromatic nitrogens is 2. The number of benzene rings is 1. The Bertz CT molecular complexity index is 760. The van der Waals surface area contributed by atoms with Crippen molar-refractivity contribution in [1.29, 1.82) is 0 Å². The van der Waals surface area contributed by atoms with E-state index in [1.165, 1.54) is 5.39 Å². The number of hydrogen-bond donors (Lipinski definition) is 1. The van der Waals surface area contributed by atoms with E-state index in [4.69, 9.17) is 6.42 Å². The zero-order chi connectivity index (χ0) is 12.5. The minimum absolute atomic E-state index is 0.891. The van der Waals surface area contributed by atoms with Gasteiger partial charge in [-0.2, -0.15) is 4.57 Å². The van der Waals surface area contributed by atoms with E-state index in [1.54, 1.807) is 0 Å². The normalized spacial score (nSPS) is 10.4. The third-order valence-corrected chi connectivity index (χ3v) is 3.20. The second-order valence-corrected chi connectivity index (χ2v) is 4.27. The Morgan fingerprint density at radius 2 is 1.94 bits per heavy atom. The molecule has 18 heavy (non-hydrogen) atoms. The first-order chi connectivity index (χ1) is 8.81. The molecule has 0 unspecified atom stereocenters. The van der Waals surface area contributed by atoms with Crippen LogP contribution in [-0.2, 0) is 7.05 Å². The zero-order valence-corrected chi connectivity index (χ0v) is 10.1. The molecule has 0 bridgehead atoms. The summed E-state index contributed by atoms with van der Waals surface area (Å²) in [5.41, 5.74) is 4.25. The van der Waals surface area contributed by atoms with E-state index in [-0.39, 0.29) is 0 Å². The van der Waals surface area contributed by atoms with Crippen LogP contribution in [0.25, 0.3) is 22.0 Å². The van der Waals surface area contributed by atoms with Crippen molar-refractivity contribution in [2.24, 2.45) is 7.05 Å². The highest BCUT2D eigenvalue weighted by Crippen LogP contribution is 2.29. The number of pyridine rings is 1. The maximum atomic E-state index is 5.62. The van der Waals surface area contributed by atoms with Crippen molar-refractivity contribution in [2.45, 2.75) is 0 Å². The lowest BCUT2D eigenvalue weighted by atomic mass is 10.0. The van der Waals surface area contributed by atoms with Crippen LogP contribution in [0.3, 0.4) is 0 Å².